The Bertz CT molecular complexity index is 1370. The number of alkyl halides is 2. The molecule has 8 heteroatoms. The smallest absolute Gasteiger partial charge is 0.293 e. The minimum Gasteiger partial charge on any atom is -0.485 e. The lowest BCUT2D eigenvalue weighted by atomic mass is 9.94. The number of pyridine rings is 2. The molecule has 1 amide bonds. The van der Waals surface area contributed by atoms with Gasteiger partial charge < -0.3 is 10.1 Å². The Morgan fingerprint density at radius 3 is 2.71 bits per heavy atom. The second-order valence-electron chi connectivity index (χ2n) is 8.11. The fourth-order valence-electron chi connectivity index (χ4n) is 3.94. The van der Waals surface area contributed by atoms with Crippen molar-refractivity contribution in [3.8, 4) is 5.75 Å². The number of halogens is 2. The van der Waals surface area contributed by atoms with Crippen LogP contribution in [0.15, 0.2) is 79.1 Å². The van der Waals surface area contributed by atoms with Gasteiger partial charge in [-0.3, -0.25) is 9.20 Å². The summed E-state index contributed by atoms with van der Waals surface area (Å²) in [6.45, 7) is 0.324. The van der Waals surface area contributed by atoms with Gasteiger partial charge in [-0.1, -0.05) is 42.5 Å². The van der Waals surface area contributed by atoms with Gasteiger partial charge in [0, 0.05) is 25.2 Å². The molecule has 1 aromatic carbocycles. The molecule has 0 aliphatic heterocycles. The van der Waals surface area contributed by atoms with E-state index >= 15 is 0 Å². The Morgan fingerprint density at radius 2 is 1.91 bits per heavy atom. The van der Waals surface area contributed by atoms with E-state index in [9.17, 15) is 13.6 Å². The van der Waals surface area contributed by atoms with Crippen LogP contribution in [0.4, 0.5) is 14.6 Å². The molecule has 3 aromatic heterocycles. The third kappa shape index (κ3) is 4.52. The summed E-state index contributed by atoms with van der Waals surface area (Å²) < 4.78 is 34.8. The lowest BCUT2D eigenvalue weighted by Gasteiger charge is -2.20. The molecule has 0 fully saturated rings. The van der Waals surface area contributed by atoms with E-state index < -0.39 is 11.8 Å². The monoisotopic (exact) mass is 460 g/mol. The van der Waals surface area contributed by atoms with Crippen LogP contribution in [0.25, 0.3) is 11.1 Å². The summed E-state index contributed by atoms with van der Waals surface area (Å²) in [6, 6.07) is 18.6. The number of hydrogen-bond donors (Lipinski definition) is 1. The van der Waals surface area contributed by atoms with Gasteiger partial charge in [0.1, 0.15) is 6.61 Å². The molecule has 1 aliphatic carbocycles. The van der Waals surface area contributed by atoms with Gasteiger partial charge in [0.25, 0.3) is 11.8 Å². The van der Waals surface area contributed by atoms with Gasteiger partial charge in [-0.15, -0.1) is 0 Å². The van der Waals surface area contributed by atoms with E-state index in [1.54, 1.807) is 35.0 Å². The predicted molar refractivity (Wildman–Crippen MR) is 125 cm³/mol. The number of aromatic nitrogens is 3. The number of carbonyl (C=O) groups is 1. The Balaban J connectivity index is 1.41. The number of fused-ring (bicyclic) bond motifs is 1. The molecule has 4 aromatic rings. The van der Waals surface area contributed by atoms with E-state index in [1.165, 1.54) is 6.08 Å². The van der Waals surface area contributed by atoms with Crippen molar-refractivity contribution in [2.24, 2.45) is 0 Å². The highest BCUT2D eigenvalue weighted by molar-refractivity contribution is 6.03. The zero-order valence-corrected chi connectivity index (χ0v) is 18.2. The molecule has 34 heavy (non-hydrogen) atoms. The maximum Gasteiger partial charge on any atom is 0.293 e. The number of anilines is 1. The Labute approximate surface area is 194 Å². The zero-order chi connectivity index (χ0) is 23.5. The topological polar surface area (TPSA) is 68.5 Å². The molecular weight excluding hydrogens is 438 g/mol. The number of allylic oxidation sites excluding steroid dienone is 2. The number of carbonyl (C=O) groups excluding carboxylic acids is 1. The molecule has 172 valence electrons. The number of rotatable bonds is 6. The van der Waals surface area contributed by atoms with Gasteiger partial charge >= 0.3 is 0 Å². The van der Waals surface area contributed by atoms with Gasteiger partial charge in [0.2, 0.25) is 5.82 Å². The van der Waals surface area contributed by atoms with Crippen molar-refractivity contribution in [1.29, 1.82) is 0 Å². The van der Waals surface area contributed by atoms with Gasteiger partial charge in [0.05, 0.1) is 11.2 Å². The first-order valence-electron chi connectivity index (χ1n) is 11.0. The normalized spacial score (nSPS) is 15.1. The Hall–Kier alpha value is -4.07. The van der Waals surface area contributed by atoms with Crippen LogP contribution >= 0.6 is 0 Å². The van der Waals surface area contributed by atoms with Crippen LogP contribution in [0, 0.1) is 0 Å². The Kier molecular flexibility index (Phi) is 5.79. The molecule has 1 N–H and O–H groups in total. The van der Waals surface area contributed by atoms with Crippen LogP contribution in [0.1, 0.15) is 41.1 Å². The molecular formula is C26H22F2N4O2. The molecule has 1 aliphatic rings. The van der Waals surface area contributed by atoms with Crippen molar-refractivity contribution in [2.45, 2.75) is 31.8 Å². The van der Waals surface area contributed by atoms with E-state index in [0.717, 1.165) is 11.1 Å². The van der Waals surface area contributed by atoms with E-state index in [1.807, 2.05) is 42.5 Å². The predicted octanol–water partition coefficient (Wildman–Crippen LogP) is 5.76. The van der Waals surface area contributed by atoms with Gasteiger partial charge in [-0.05, 0) is 41.8 Å². The fourth-order valence-corrected chi connectivity index (χ4v) is 3.94. The Morgan fingerprint density at radius 1 is 1.09 bits per heavy atom. The lowest BCUT2D eigenvalue weighted by Crippen LogP contribution is -2.18. The third-order valence-electron chi connectivity index (χ3n) is 5.70. The standard InChI is InChI=1S/C26H22F2N4O2/c27-26(28)13-11-19(12-14-26)22-20-9-4-5-16-32(20)24(30-22)25(33)31-23-21(10-6-15-29-23)34-17-18-7-2-1-3-8-18/h1-11,15-16H,12-14,17H2,(H,29,31,33). The summed E-state index contributed by atoms with van der Waals surface area (Å²) >= 11 is 0. The van der Waals surface area contributed by atoms with Crippen LogP contribution in [-0.4, -0.2) is 26.2 Å². The fraction of sp³-hybridized carbons (Fsp3) is 0.192. The molecule has 0 bridgehead atoms. The quantitative estimate of drug-likeness (QED) is 0.397. The average Bonchev–Trinajstić information content (AvgIpc) is 3.24. The van der Waals surface area contributed by atoms with E-state index in [0.29, 0.717) is 23.6 Å². The summed E-state index contributed by atoms with van der Waals surface area (Å²) in [6.07, 6.45) is 4.45. The maximum absolute atomic E-state index is 13.6. The molecule has 0 spiro atoms. The summed E-state index contributed by atoms with van der Waals surface area (Å²) in [4.78, 5) is 22.0. The van der Waals surface area contributed by atoms with E-state index in [-0.39, 0.29) is 30.9 Å². The summed E-state index contributed by atoms with van der Waals surface area (Å²) in [5.74, 6) is -2.33. The van der Waals surface area contributed by atoms with Crippen molar-refractivity contribution in [1.82, 2.24) is 14.4 Å². The first kappa shape index (κ1) is 21.8. The second-order valence-corrected chi connectivity index (χ2v) is 8.11. The number of nitrogens with zero attached hydrogens (tertiary/aromatic N) is 3. The molecule has 0 radical (unpaired) electrons. The van der Waals surface area contributed by atoms with E-state index in [4.69, 9.17) is 4.74 Å². The van der Waals surface area contributed by atoms with Crippen molar-refractivity contribution < 1.29 is 18.3 Å². The molecule has 3 heterocycles. The summed E-state index contributed by atoms with van der Waals surface area (Å²) in [5.41, 5.74) is 2.94. The highest BCUT2D eigenvalue weighted by atomic mass is 19.3. The molecule has 0 saturated carbocycles. The van der Waals surface area contributed by atoms with Crippen molar-refractivity contribution in [2.75, 3.05) is 5.32 Å². The van der Waals surface area contributed by atoms with Crippen molar-refractivity contribution in [3.05, 3.63) is 96.2 Å². The number of hydrogen-bond acceptors (Lipinski definition) is 4. The van der Waals surface area contributed by atoms with Crippen molar-refractivity contribution in [3.63, 3.8) is 0 Å². The highest BCUT2D eigenvalue weighted by Crippen LogP contribution is 2.37. The van der Waals surface area contributed by atoms with Gasteiger partial charge in [-0.2, -0.15) is 0 Å². The lowest BCUT2D eigenvalue weighted by molar-refractivity contribution is -0.00605. The molecule has 5 rings (SSSR count). The van der Waals surface area contributed by atoms with Crippen LogP contribution < -0.4 is 10.1 Å². The number of nitrogens with one attached hydrogen (secondary N) is 1. The largest absolute Gasteiger partial charge is 0.485 e. The van der Waals surface area contributed by atoms with Gasteiger partial charge in [-0.25, -0.2) is 18.7 Å². The SMILES string of the molecule is O=C(Nc1ncccc1OCc1ccccc1)c1nc(C2=CCC(F)(F)CC2)c2ccccn12. The second kappa shape index (κ2) is 9.05. The first-order valence-corrected chi connectivity index (χ1v) is 11.0. The third-order valence-corrected chi connectivity index (χ3v) is 5.70. The summed E-state index contributed by atoms with van der Waals surface area (Å²) in [5, 5.41) is 2.79. The molecule has 0 unspecified atom stereocenters. The molecule has 0 saturated heterocycles. The highest BCUT2D eigenvalue weighted by Gasteiger charge is 2.32. The number of ether oxygens (including phenoxy) is 1. The van der Waals surface area contributed by atoms with Crippen molar-refractivity contribution >= 4 is 22.8 Å². The van der Waals surface area contributed by atoms with Crippen LogP contribution in [0.5, 0.6) is 5.75 Å². The first-order chi connectivity index (χ1) is 16.5. The van der Waals surface area contributed by atoms with Crippen LogP contribution in [0.3, 0.4) is 0 Å². The van der Waals surface area contributed by atoms with E-state index in [2.05, 4.69) is 15.3 Å². The zero-order valence-electron chi connectivity index (χ0n) is 18.2. The minimum absolute atomic E-state index is 0.142. The van der Waals surface area contributed by atoms with Gasteiger partial charge in [0.15, 0.2) is 11.6 Å². The number of amides is 1. The number of benzene rings is 1. The minimum atomic E-state index is -2.70. The number of imidazole rings is 1. The molecule has 6 nitrogen and oxygen atoms in total. The maximum atomic E-state index is 13.6. The summed E-state index contributed by atoms with van der Waals surface area (Å²) in [7, 11) is 0. The average molecular weight is 460 g/mol. The molecule has 0 atom stereocenters. The van der Waals surface area contributed by atoms with Crippen LogP contribution in [0.2, 0.25) is 0 Å². The van der Waals surface area contributed by atoms with Crippen LogP contribution in [-0.2, 0) is 6.61 Å².